The van der Waals surface area contributed by atoms with Crippen molar-refractivity contribution in [2.24, 2.45) is 0 Å². The Morgan fingerprint density at radius 1 is 1.00 bits per heavy atom. The van der Waals surface area contributed by atoms with Crippen molar-refractivity contribution in [2.45, 2.75) is 6.92 Å². The van der Waals surface area contributed by atoms with Gasteiger partial charge in [0.25, 0.3) is 0 Å². The molecule has 2 N–H and O–H groups in total. The van der Waals surface area contributed by atoms with E-state index >= 15 is 0 Å². The van der Waals surface area contributed by atoms with E-state index in [0.29, 0.717) is 40.4 Å². The number of nitrogens with one attached hydrogen (secondary N) is 2. The minimum atomic E-state index is -0.318. The molecule has 0 aliphatic carbocycles. The molecule has 0 aliphatic heterocycles. The van der Waals surface area contributed by atoms with Crippen LogP contribution in [0.3, 0.4) is 0 Å². The van der Waals surface area contributed by atoms with Crippen LogP contribution in [0.5, 0.6) is 17.4 Å². The normalized spacial score (nSPS) is 10.7. The number of likely N-dealkylation sites (N-methyl/N-ethyl adjacent to an activating group) is 2. The zero-order valence-electron chi connectivity index (χ0n) is 24.0. The maximum Gasteiger partial charge on any atom is 0.247 e. The Kier molecular flexibility index (Phi) is 9.49. The minimum absolute atomic E-state index is 0.318. The van der Waals surface area contributed by atoms with Gasteiger partial charge in [0, 0.05) is 50.2 Å². The van der Waals surface area contributed by atoms with Gasteiger partial charge in [-0.15, -0.1) is 0 Å². The first-order valence-electron chi connectivity index (χ1n) is 13.1. The second-order valence-corrected chi connectivity index (χ2v) is 9.60. The van der Waals surface area contributed by atoms with E-state index in [1.807, 2.05) is 76.6 Å². The summed E-state index contributed by atoms with van der Waals surface area (Å²) >= 11 is 0. The highest BCUT2D eigenvalue weighted by atomic mass is 16.5. The average Bonchev–Trinajstić information content (AvgIpc) is 2.98. The average molecular weight is 554 g/mol. The summed E-state index contributed by atoms with van der Waals surface area (Å²) in [6.07, 6.45) is 4.67. The van der Waals surface area contributed by atoms with Gasteiger partial charge < -0.3 is 29.9 Å². The molecule has 4 aromatic rings. The summed E-state index contributed by atoms with van der Waals surface area (Å²) in [6, 6.07) is 16.8. The first kappa shape index (κ1) is 29.0. The minimum Gasteiger partial charge on any atom is -0.494 e. The van der Waals surface area contributed by atoms with Crippen LogP contribution in [0.1, 0.15) is 5.56 Å². The van der Waals surface area contributed by atoms with Crippen molar-refractivity contribution in [1.29, 1.82) is 0 Å². The molecule has 10 nitrogen and oxygen atoms in total. The number of anilines is 4. The van der Waals surface area contributed by atoms with Crippen LogP contribution in [0.4, 0.5) is 23.0 Å². The molecule has 0 aliphatic rings. The molecule has 0 fully saturated rings. The van der Waals surface area contributed by atoms with Crippen LogP contribution in [0.15, 0.2) is 79.6 Å². The van der Waals surface area contributed by atoms with Gasteiger partial charge in [-0.3, -0.25) is 4.79 Å². The van der Waals surface area contributed by atoms with Gasteiger partial charge in [0.1, 0.15) is 11.5 Å². The molecule has 2 aromatic heterocycles. The Bertz CT molecular complexity index is 1510. The fourth-order valence-corrected chi connectivity index (χ4v) is 4.07. The topological polar surface area (TPSA) is 105 Å². The van der Waals surface area contributed by atoms with Crippen molar-refractivity contribution in [3.8, 4) is 28.6 Å². The van der Waals surface area contributed by atoms with Crippen molar-refractivity contribution in [3.63, 3.8) is 0 Å². The number of rotatable bonds is 12. The molecule has 0 saturated carbocycles. The van der Waals surface area contributed by atoms with E-state index in [1.54, 1.807) is 25.6 Å². The summed E-state index contributed by atoms with van der Waals surface area (Å²) in [4.78, 5) is 30.1. The Morgan fingerprint density at radius 3 is 2.49 bits per heavy atom. The summed E-state index contributed by atoms with van der Waals surface area (Å²) in [6.45, 7) is 7.10. The van der Waals surface area contributed by atoms with Crippen molar-refractivity contribution < 1.29 is 14.3 Å². The summed E-state index contributed by atoms with van der Waals surface area (Å²) in [5, 5.41) is 6.19. The van der Waals surface area contributed by atoms with Crippen LogP contribution in [-0.4, -0.2) is 67.1 Å². The molecule has 1 amide bonds. The molecule has 10 heteroatoms. The third kappa shape index (κ3) is 7.37. The van der Waals surface area contributed by atoms with Crippen LogP contribution >= 0.6 is 0 Å². The van der Waals surface area contributed by atoms with Gasteiger partial charge in [-0.25, -0.2) is 15.0 Å². The second-order valence-electron chi connectivity index (χ2n) is 9.60. The molecule has 4 rings (SSSR count). The number of hydrogen-bond acceptors (Lipinski definition) is 9. The number of methoxy groups -OCH3 is 1. The molecule has 0 bridgehead atoms. The zero-order chi connectivity index (χ0) is 29.4. The molecule has 2 aromatic carbocycles. The van der Waals surface area contributed by atoms with Crippen molar-refractivity contribution in [2.75, 3.05) is 56.9 Å². The number of amides is 1. The quantitative estimate of drug-likeness (QED) is 0.220. The van der Waals surface area contributed by atoms with Gasteiger partial charge in [0.05, 0.1) is 29.9 Å². The summed E-state index contributed by atoms with van der Waals surface area (Å²) < 4.78 is 11.8. The Morgan fingerprint density at radius 2 is 1.78 bits per heavy atom. The summed E-state index contributed by atoms with van der Waals surface area (Å²) in [5.41, 5.74) is 4.36. The first-order valence-corrected chi connectivity index (χ1v) is 13.1. The molecule has 2 heterocycles. The van der Waals surface area contributed by atoms with Crippen LogP contribution in [-0.2, 0) is 4.79 Å². The Labute approximate surface area is 240 Å². The SMILES string of the molecule is C=CC(=O)Nc1cc(Nc2ncc(C)c(-c3ccccc3Oc3ccccn3)n2)c(OC)cc1N(C)CCN(C)C. The first-order chi connectivity index (χ1) is 19.8. The maximum atomic E-state index is 12.3. The summed E-state index contributed by atoms with van der Waals surface area (Å²) in [5.74, 6) is 1.71. The van der Waals surface area contributed by atoms with E-state index in [-0.39, 0.29) is 5.91 Å². The largest absolute Gasteiger partial charge is 0.494 e. The monoisotopic (exact) mass is 553 g/mol. The van der Waals surface area contributed by atoms with Gasteiger partial charge in [0.2, 0.25) is 17.7 Å². The number of carbonyl (C=O) groups excluding carboxylic acids is 1. The van der Waals surface area contributed by atoms with E-state index in [2.05, 4.69) is 37.0 Å². The lowest BCUT2D eigenvalue weighted by Gasteiger charge is -2.26. The number of pyridine rings is 1. The molecule has 0 spiro atoms. The second kappa shape index (κ2) is 13.4. The predicted molar refractivity (Wildman–Crippen MR) is 163 cm³/mol. The highest BCUT2D eigenvalue weighted by Gasteiger charge is 2.18. The standard InChI is InChI=1S/C31H35N7O3/c1-7-28(39)34-23-18-24(27(40-6)19-25(23)38(5)17-16-37(3)4)35-31-33-20-21(2)30(36-31)22-12-8-9-13-26(22)41-29-14-10-11-15-32-29/h7-15,18-20H,1,16-17H2,2-6H3,(H,34,39)(H,33,35,36). The predicted octanol–water partition coefficient (Wildman–Crippen LogP) is 5.51. The van der Waals surface area contributed by atoms with Crippen molar-refractivity contribution in [3.05, 3.63) is 85.2 Å². The van der Waals surface area contributed by atoms with E-state index in [0.717, 1.165) is 29.9 Å². The molecule has 0 saturated heterocycles. The van der Waals surface area contributed by atoms with Crippen molar-refractivity contribution >= 4 is 28.9 Å². The molecule has 0 atom stereocenters. The van der Waals surface area contributed by atoms with Gasteiger partial charge in [-0.05, 0) is 56.9 Å². The molecule has 212 valence electrons. The van der Waals surface area contributed by atoms with Crippen molar-refractivity contribution in [1.82, 2.24) is 19.9 Å². The molecule has 0 radical (unpaired) electrons. The van der Waals surface area contributed by atoms with Crippen LogP contribution in [0.2, 0.25) is 0 Å². The van der Waals surface area contributed by atoms with E-state index in [9.17, 15) is 4.79 Å². The number of ether oxygens (including phenoxy) is 2. The summed E-state index contributed by atoms with van der Waals surface area (Å²) in [7, 11) is 7.59. The lowest BCUT2D eigenvalue weighted by atomic mass is 10.1. The molecule has 0 unspecified atom stereocenters. The number of carbonyl (C=O) groups is 1. The molecular weight excluding hydrogens is 518 g/mol. The van der Waals surface area contributed by atoms with Gasteiger partial charge in [-0.1, -0.05) is 24.8 Å². The Hall–Kier alpha value is -4.96. The van der Waals surface area contributed by atoms with E-state index < -0.39 is 0 Å². The number of nitrogens with zero attached hydrogens (tertiary/aromatic N) is 5. The molecular formula is C31H35N7O3. The van der Waals surface area contributed by atoms with Crippen LogP contribution in [0, 0.1) is 6.92 Å². The smallest absolute Gasteiger partial charge is 0.247 e. The highest BCUT2D eigenvalue weighted by Crippen LogP contribution is 2.39. The highest BCUT2D eigenvalue weighted by molar-refractivity contribution is 6.02. The molecule has 41 heavy (non-hydrogen) atoms. The lowest BCUT2D eigenvalue weighted by molar-refractivity contribution is -0.111. The maximum absolute atomic E-state index is 12.3. The van der Waals surface area contributed by atoms with Gasteiger partial charge in [-0.2, -0.15) is 0 Å². The number of hydrogen-bond donors (Lipinski definition) is 2. The van der Waals surface area contributed by atoms with Gasteiger partial charge >= 0.3 is 0 Å². The Balaban J connectivity index is 1.70. The fraction of sp³-hybridized carbons (Fsp3) is 0.226. The number of aryl methyl sites for hydroxylation is 1. The van der Waals surface area contributed by atoms with E-state index in [1.165, 1.54) is 6.08 Å². The van der Waals surface area contributed by atoms with Crippen LogP contribution < -0.4 is 25.0 Å². The number of para-hydroxylation sites is 1. The zero-order valence-corrected chi connectivity index (χ0v) is 24.0. The number of aromatic nitrogens is 3. The third-order valence-electron chi connectivity index (χ3n) is 6.27. The fourth-order valence-electron chi connectivity index (χ4n) is 4.07. The van der Waals surface area contributed by atoms with Crippen LogP contribution in [0.25, 0.3) is 11.3 Å². The number of benzene rings is 2. The lowest BCUT2D eigenvalue weighted by Crippen LogP contribution is -2.29. The third-order valence-corrected chi connectivity index (χ3v) is 6.27. The van der Waals surface area contributed by atoms with Gasteiger partial charge in [0.15, 0.2) is 0 Å². The van der Waals surface area contributed by atoms with E-state index in [4.69, 9.17) is 14.5 Å².